The molecule has 7 heteroatoms. The van der Waals surface area contributed by atoms with Gasteiger partial charge >= 0.3 is 11.9 Å². The van der Waals surface area contributed by atoms with Crippen LogP contribution in [0.1, 0.15) is 0 Å². The second kappa shape index (κ2) is 7.45. The van der Waals surface area contributed by atoms with Crippen LogP contribution in [0.5, 0.6) is 5.75 Å². The lowest BCUT2D eigenvalue weighted by molar-refractivity contribution is -0.139. The van der Waals surface area contributed by atoms with Crippen molar-refractivity contribution >= 4 is 17.6 Å². The van der Waals surface area contributed by atoms with Crippen LogP contribution in [-0.4, -0.2) is 33.3 Å². The lowest BCUT2D eigenvalue weighted by atomic mass is 10.1. The first-order valence-corrected chi connectivity index (χ1v) is 6.92. The maximum atomic E-state index is 14.3. The molecule has 0 N–H and O–H groups in total. The molecule has 0 saturated heterocycles. The molecule has 2 rings (SSSR count). The highest BCUT2D eigenvalue weighted by Crippen LogP contribution is 2.31. The number of hydrogen-bond donors (Lipinski definition) is 0. The van der Waals surface area contributed by atoms with Gasteiger partial charge in [0.2, 0.25) is 0 Å². The highest BCUT2D eigenvalue weighted by atomic mass is 19.1. The van der Waals surface area contributed by atoms with Gasteiger partial charge in [-0.2, -0.15) is 0 Å². The molecule has 0 bridgehead atoms. The third-order valence-electron chi connectivity index (χ3n) is 3.30. The molecule has 126 valence electrons. The van der Waals surface area contributed by atoms with Crippen LogP contribution in [0.25, 0.3) is 0 Å². The zero-order valence-electron chi connectivity index (χ0n) is 13.4. The zero-order chi connectivity index (χ0) is 17.7. The Hall–Kier alpha value is -3.09. The van der Waals surface area contributed by atoms with E-state index in [4.69, 9.17) is 14.2 Å². The Labute approximate surface area is 138 Å². The van der Waals surface area contributed by atoms with Gasteiger partial charge in [-0.1, -0.05) is 6.08 Å². The number of methoxy groups -OCH3 is 3. The summed E-state index contributed by atoms with van der Waals surface area (Å²) in [5.74, 6) is -1.77. The first-order chi connectivity index (χ1) is 11.5. The van der Waals surface area contributed by atoms with Gasteiger partial charge in [-0.15, -0.1) is 0 Å². The number of halogens is 1. The first-order valence-electron chi connectivity index (χ1n) is 6.92. The van der Waals surface area contributed by atoms with Crippen molar-refractivity contribution in [1.82, 2.24) is 0 Å². The van der Waals surface area contributed by atoms with Crippen molar-refractivity contribution in [3.63, 3.8) is 0 Å². The van der Waals surface area contributed by atoms with Crippen LogP contribution in [0.4, 0.5) is 10.1 Å². The average Bonchev–Trinajstić information content (AvgIpc) is 2.83. The second-order valence-corrected chi connectivity index (χ2v) is 4.63. The van der Waals surface area contributed by atoms with Gasteiger partial charge in [0.05, 0.1) is 32.6 Å². The summed E-state index contributed by atoms with van der Waals surface area (Å²) in [6.45, 7) is 0. The summed E-state index contributed by atoms with van der Waals surface area (Å²) >= 11 is 0. The molecule has 0 atom stereocenters. The molecular formula is C17H16FNO5. The number of carbonyl (C=O) groups is 2. The highest BCUT2D eigenvalue weighted by molar-refractivity contribution is 6.05. The van der Waals surface area contributed by atoms with Gasteiger partial charge in [-0.25, -0.2) is 14.0 Å². The van der Waals surface area contributed by atoms with Crippen molar-refractivity contribution in [3.8, 4) is 5.75 Å². The van der Waals surface area contributed by atoms with Crippen LogP contribution >= 0.6 is 0 Å². The molecule has 0 unspecified atom stereocenters. The van der Waals surface area contributed by atoms with Crippen LogP contribution in [0.3, 0.4) is 0 Å². The summed E-state index contributed by atoms with van der Waals surface area (Å²) in [7, 11) is 3.79. The molecule has 1 aliphatic rings. The predicted octanol–water partition coefficient (Wildman–Crippen LogP) is 2.32. The van der Waals surface area contributed by atoms with Gasteiger partial charge in [0, 0.05) is 12.3 Å². The molecule has 0 aromatic heterocycles. The topological polar surface area (TPSA) is 65.1 Å². The molecule has 0 radical (unpaired) electrons. The summed E-state index contributed by atoms with van der Waals surface area (Å²) in [4.78, 5) is 25.5. The van der Waals surface area contributed by atoms with Gasteiger partial charge in [0.25, 0.3) is 0 Å². The van der Waals surface area contributed by atoms with E-state index >= 15 is 0 Å². The number of benzene rings is 1. The Balaban J connectivity index is 2.70. The maximum Gasteiger partial charge on any atom is 0.355 e. The molecule has 0 fully saturated rings. The molecule has 1 heterocycles. The van der Waals surface area contributed by atoms with Gasteiger partial charge < -0.3 is 19.1 Å². The Kier molecular flexibility index (Phi) is 5.36. The van der Waals surface area contributed by atoms with Crippen molar-refractivity contribution in [2.45, 2.75) is 0 Å². The van der Waals surface area contributed by atoms with E-state index in [2.05, 4.69) is 0 Å². The van der Waals surface area contributed by atoms with E-state index in [9.17, 15) is 14.0 Å². The quantitative estimate of drug-likeness (QED) is 0.788. The molecule has 6 nitrogen and oxygen atoms in total. The van der Waals surface area contributed by atoms with E-state index in [-0.39, 0.29) is 17.0 Å². The molecule has 0 amide bonds. The van der Waals surface area contributed by atoms with Crippen molar-refractivity contribution in [1.29, 1.82) is 0 Å². The van der Waals surface area contributed by atoms with Gasteiger partial charge in [0.15, 0.2) is 0 Å². The average molecular weight is 333 g/mol. The van der Waals surface area contributed by atoms with Crippen molar-refractivity contribution < 1.29 is 28.2 Å². The largest absolute Gasteiger partial charge is 0.497 e. The molecule has 1 aliphatic heterocycles. The summed E-state index contributed by atoms with van der Waals surface area (Å²) in [5.41, 5.74) is -0.200. The number of rotatable bonds is 4. The third kappa shape index (κ3) is 3.29. The fourth-order valence-corrected chi connectivity index (χ4v) is 2.16. The fourth-order valence-electron chi connectivity index (χ4n) is 2.16. The Morgan fingerprint density at radius 2 is 1.75 bits per heavy atom. The minimum atomic E-state index is -0.811. The maximum absolute atomic E-state index is 14.3. The first kappa shape index (κ1) is 17.3. The van der Waals surface area contributed by atoms with Gasteiger partial charge in [-0.3, -0.25) is 0 Å². The van der Waals surface area contributed by atoms with E-state index in [1.54, 1.807) is 6.08 Å². The molecule has 0 spiro atoms. The van der Waals surface area contributed by atoms with Crippen LogP contribution in [-0.2, 0) is 19.1 Å². The molecule has 1 aromatic carbocycles. The van der Waals surface area contributed by atoms with E-state index in [0.29, 0.717) is 5.75 Å². The van der Waals surface area contributed by atoms with Crippen molar-refractivity contribution in [3.05, 3.63) is 59.7 Å². The summed E-state index contributed by atoms with van der Waals surface area (Å²) in [5, 5.41) is 0. The fraction of sp³-hybridized carbons (Fsp3) is 0.176. The van der Waals surface area contributed by atoms with E-state index in [1.165, 1.54) is 62.8 Å². The minimum absolute atomic E-state index is 0.0242. The number of nitrogens with zero attached hydrogens (tertiary/aromatic N) is 1. The molecule has 1 aromatic rings. The minimum Gasteiger partial charge on any atom is -0.497 e. The molecular weight excluding hydrogens is 317 g/mol. The van der Waals surface area contributed by atoms with Crippen molar-refractivity contribution in [2.75, 3.05) is 26.2 Å². The van der Waals surface area contributed by atoms with Gasteiger partial charge in [0.1, 0.15) is 17.3 Å². The number of carbonyl (C=O) groups excluding carboxylic acids is 2. The number of esters is 2. The predicted molar refractivity (Wildman–Crippen MR) is 84.8 cm³/mol. The Morgan fingerprint density at radius 3 is 2.38 bits per heavy atom. The summed E-state index contributed by atoms with van der Waals surface area (Å²) < 4.78 is 28.9. The SMILES string of the molecule is COC(=O)C1=C(C(=O)OC)N(c2cc(OC)ccc2F)C=CC=C1. The zero-order valence-corrected chi connectivity index (χ0v) is 13.4. The number of allylic oxidation sites excluding steroid dienone is 2. The van der Waals surface area contributed by atoms with E-state index in [1.807, 2.05) is 0 Å². The molecule has 0 aliphatic carbocycles. The van der Waals surface area contributed by atoms with Crippen LogP contribution in [0.15, 0.2) is 53.9 Å². The van der Waals surface area contributed by atoms with Crippen LogP contribution in [0.2, 0.25) is 0 Å². The summed E-state index contributed by atoms with van der Waals surface area (Å²) in [6, 6.07) is 4.05. The number of anilines is 1. The lowest BCUT2D eigenvalue weighted by Gasteiger charge is -2.23. The van der Waals surface area contributed by atoms with E-state index in [0.717, 1.165) is 0 Å². The van der Waals surface area contributed by atoms with Crippen LogP contribution in [0, 0.1) is 5.82 Å². The van der Waals surface area contributed by atoms with Crippen molar-refractivity contribution in [2.24, 2.45) is 0 Å². The van der Waals surface area contributed by atoms with Gasteiger partial charge in [-0.05, 0) is 24.3 Å². The normalized spacial score (nSPS) is 13.6. The third-order valence-corrected chi connectivity index (χ3v) is 3.30. The lowest BCUT2D eigenvalue weighted by Crippen LogP contribution is -2.27. The Morgan fingerprint density at radius 1 is 1.04 bits per heavy atom. The van der Waals surface area contributed by atoms with E-state index < -0.39 is 17.8 Å². The standard InChI is InChI=1S/C17H16FNO5/c1-22-11-7-8-13(18)14(10-11)19-9-5-4-6-12(16(20)23-2)15(19)17(21)24-3/h4-10H,1-3H3. The highest BCUT2D eigenvalue weighted by Gasteiger charge is 2.28. The molecule has 0 saturated carbocycles. The Bertz CT molecular complexity index is 751. The number of ether oxygens (including phenoxy) is 3. The number of hydrogen-bond acceptors (Lipinski definition) is 6. The monoisotopic (exact) mass is 333 g/mol. The molecule has 24 heavy (non-hydrogen) atoms. The summed E-state index contributed by atoms with van der Waals surface area (Å²) in [6.07, 6.45) is 5.92. The smallest absolute Gasteiger partial charge is 0.355 e. The second-order valence-electron chi connectivity index (χ2n) is 4.63. The van der Waals surface area contributed by atoms with Crippen LogP contribution < -0.4 is 9.64 Å².